The lowest BCUT2D eigenvalue weighted by molar-refractivity contribution is 1.18. The molecule has 0 saturated carbocycles. The average Bonchev–Trinajstić information content (AvgIpc) is 3.22. The van der Waals surface area contributed by atoms with Crippen molar-refractivity contribution in [1.82, 2.24) is 9.97 Å². The first-order valence-electron chi connectivity index (χ1n) is 17.2. The quantitative estimate of drug-likeness (QED) is 0.172. The molecule has 0 N–H and O–H groups in total. The van der Waals surface area contributed by atoms with Crippen LogP contribution in [0, 0.1) is 0 Å². The lowest BCUT2D eigenvalue weighted by Gasteiger charge is -2.27. The van der Waals surface area contributed by atoms with Gasteiger partial charge in [-0.2, -0.15) is 0 Å². The molecule has 0 fully saturated rings. The minimum Gasteiger partial charge on any atom is -0.310 e. The van der Waals surface area contributed by atoms with Gasteiger partial charge in [0.15, 0.2) is 5.82 Å². The second-order valence-electron chi connectivity index (χ2n) is 12.7. The van der Waals surface area contributed by atoms with Gasteiger partial charge in [-0.25, -0.2) is 9.97 Å². The molecule has 9 aromatic rings. The van der Waals surface area contributed by atoms with E-state index in [9.17, 15) is 0 Å². The summed E-state index contributed by atoms with van der Waals surface area (Å²) in [4.78, 5) is 12.5. The molecule has 0 aliphatic carbocycles. The predicted molar refractivity (Wildman–Crippen MR) is 213 cm³/mol. The largest absolute Gasteiger partial charge is 0.310 e. The maximum Gasteiger partial charge on any atom is 0.160 e. The molecular formula is C48H33N3. The van der Waals surface area contributed by atoms with Crippen molar-refractivity contribution in [2.24, 2.45) is 0 Å². The molecule has 1 aromatic heterocycles. The molecule has 0 radical (unpaired) electrons. The van der Waals surface area contributed by atoms with Gasteiger partial charge in [0, 0.05) is 33.5 Å². The van der Waals surface area contributed by atoms with Crippen LogP contribution in [0.2, 0.25) is 0 Å². The van der Waals surface area contributed by atoms with E-state index in [0.717, 1.165) is 56.3 Å². The van der Waals surface area contributed by atoms with Gasteiger partial charge in [0.2, 0.25) is 0 Å². The summed E-state index contributed by atoms with van der Waals surface area (Å²) in [5.41, 5.74) is 10.6. The van der Waals surface area contributed by atoms with E-state index in [4.69, 9.17) is 9.97 Å². The Morgan fingerprint density at radius 1 is 0.314 bits per heavy atom. The monoisotopic (exact) mass is 651 g/mol. The highest BCUT2D eigenvalue weighted by Gasteiger charge is 2.16. The Labute approximate surface area is 297 Å². The van der Waals surface area contributed by atoms with Crippen molar-refractivity contribution >= 4 is 38.6 Å². The number of anilines is 3. The summed E-state index contributed by atoms with van der Waals surface area (Å²) in [7, 11) is 0. The molecule has 0 unspecified atom stereocenters. The van der Waals surface area contributed by atoms with Gasteiger partial charge in [0.05, 0.1) is 17.1 Å². The van der Waals surface area contributed by atoms with Crippen LogP contribution >= 0.6 is 0 Å². The zero-order valence-corrected chi connectivity index (χ0v) is 27.9. The van der Waals surface area contributed by atoms with Crippen LogP contribution in [0.5, 0.6) is 0 Å². The van der Waals surface area contributed by atoms with Crippen LogP contribution in [0.3, 0.4) is 0 Å². The molecule has 0 saturated heterocycles. The van der Waals surface area contributed by atoms with Gasteiger partial charge in [-0.05, 0) is 69.8 Å². The van der Waals surface area contributed by atoms with Crippen molar-refractivity contribution in [1.29, 1.82) is 0 Å². The normalized spacial score (nSPS) is 11.1. The van der Waals surface area contributed by atoms with Crippen molar-refractivity contribution in [3.05, 3.63) is 200 Å². The Bertz CT molecular complexity index is 2610. The molecule has 1 heterocycles. The molecule has 0 spiro atoms. The SMILES string of the molecule is c1ccc(-c2cc(-c3ccc4ccccc4c3)nc(-c3ccc(-c4ccc(N(c5ccccc5)c5cccc6ccccc56)cc4)cc3)n2)cc1. The van der Waals surface area contributed by atoms with Gasteiger partial charge in [0.1, 0.15) is 0 Å². The van der Waals surface area contributed by atoms with Crippen molar-refractivity contribution in [2.45, 2.75) is 0 Å². The van der Waals surface area contributed by atoms with Crippen molar-refractivity contribution in [3.63, 3.8) is 0 Å². The van der Waals surface area contributed by atoms with E-state index in [0.29, 0.717) is 5.82 Å². The van der Waals surface area contributed by atoms with Gasteiger partial charge >= 0.3 is 0 Å². The van der Waals surface area contributed by atoms with E-state index in [-0.39, 0.29) is 0 Å². The van der Waals surface area contributed by atoms with Gasteiger partial charge in [-0.15, -0.1) is 0 Å². The smallest absolute Gasteiger partial charge is 0.160 e. The zero-order chi connectivity index (χ0) is 34.0. The molecule has 0 amide bonds. The Morgan fingerprint density at radius 2 is 0.843 bits per heavy atom. The molecule has 51 heavy (non-hydrogen) atoms. The van der Waals surface area contributed by atoms with Crippen LogP contribution in [-0.4, -0.2) is 9.97 Å². The summed E-state index contributed by atoms with van der Waals surface area (Å²) in [5.74, 6) is 0.704. The first kappa shape index (κ1) is 30.2. The van der Waals surface area contributed by atoms with Crippen LogP contribution in [-0.2, 0) is 0 Å². The second-order valence-corrected chi connectivity index (χ2v) is 12.7. The zero-order valence-electron chi connectivity index (χ0n) is 27.9. The first-order chi connectivity index (χ1) is 25.3. The number of benzene rings is 8. The number of rotatable bonds is 7. The van der Waals surface area contributed by atoms with Gasteiger partial charge < -0.3 is 4.90 Å². The Kier molecular flexibility index (Phi) is 7.84. The third-order valence-electron chi connectivity index (χ3n) is 9.46. The maximum absolute atomic E-state index is 5.10. The van der Waals surface area contributed by atoms with Crippen molar-refractivity contribution < 1.29 is 0 Å². The topological polar surface area (TPSA) is 29.0 Å². The molecule has 0 bridgehead atoms. The van der Waals surface area contributed by atoms with E-state index in [1.807, 2.05) is 18.2 Å². The molecule has 8 aromatic carbocycles. The Hall–Kier alpha value is -6.84. The molecule has 0 aliphatic heterocycles. The summed E-state index contributed by atoms with van der Waals surface area (Å²) in [6.07, 6.45) is 0. The van der Waals surface area contributed by atoms with Gasteiger partial charge in [-0.3, -0.25) is 0 Å². The molecule has 0 atom stereocenters. The second kappa shape index (κ2) is 13.2. The molecule has 240 valence electrons. The minimum atomic E-state index is 0.704. The van der Waals surface area contributed by atoms with E-state index in [1.54, 1.807) is 0 Å². The number of hydrogen-bond donors (Lipinski definition) is 0. The molecular weight excluding hydrogens is 619 g/mol. The van der Waals surface area contributed by atoms with Crippen LogP contribution in [0.15, 0.2) is 200 Å². The predicted octanol–water partition coefficient (Wildman–Crippen LogP) is 12.9. The van der Waals surface area contributed by atoms with Gasteiger partial charge in [0.25, 0.3) is 0 Å². The summed E-state index contributed by atoms with van der Waals surface area (Å²) in [5, 5.41) is 4.83. The fourth-order valence-electron chi connectivity index (χ4n) is 6.85. The highest BCUT2D eigenvalue weighted by Crippen LogP contribution is 2.39. The maximum atomic E-state index is 5.10. The number of hydrogen-bond acceptors (Lipinski definition) is 3. The third-order valence-corrected chi connectivity index (χ3v) is 9.46. The fourth-order valence-corrected chi connectivity index (χ4v) is 6.85. The first-order valence-corrected chi connectivity index (χ1v) is 17.2. The number of para-hydroxylation sites is 1. The van der Waals surface area contributed by atoms with Gasteiger partial charge in [-0.1, -0.05) is 158 Å². The number of fused-ring (bicyclic) bond motifs is 2. The van der Waals surface area contributed by atoms with E-state index >= 15 is 0 Å². The Balaban J connectivity index is 1.06. The highest BCUT2D eigenvalue weighted by atomic mass is 15.1. The van der Waals surface area contributed by atoms with Crippen molar-refractivity contribution in [3.8, 4) is 45.0 Å². The molecule has 3 heteroatoms. The highest BCUT2D eigenvalue weighted by molar-refractivity contribution is 5.99. The van der Waals surface area contributed by atoms with E-state index in [1.165, 1.54) is 21.5 Å². The minimum absolute atomic E-state index is 0.704. The lowest BCUT2D eigenvalue weighted by Crippen LogP contribution is -2.10. The van der Waals surface area contributed by atoms with Crippen molar-refractivity contribution in [2.75, 3.05) is 4.90 Å². The van der Waals surface area contributed by atoms with Crippen LogP contribution < -0.4 is 4.90 Å². The average molecular weight is 652 g/mol. The van der Waals surface area contributed by atoms with E-state index in [2.05, 4.69) is 187 Å². The summed E-state index contributed by atoms with van der Waals surface area (Å²) in [6.45, 7) is 0. The van der Waals surface area contributed by atoms with Crippen LogP contribution in [0.1, 0.15) is 0 Å². The van der Waals surface area contributed by atoms with Crippen LogP contribution in [0.4, 0.5) is 17.1 Å². The summed E-state index contributed by atoms with van der Waals surface area (Å²) >= 11 is 0. The van der Waals surface area contributed by atoms with Crippen LogP contribution in [0.25, 0.3) is 66.6 Å². The molecule has 0 aliphatic rings. The summed E-state index contributed by atoms with van der Waals surface area (Å²) < 4.78 is 0. The lowest BCUT2D eigenvalue weighted by atomic mass is 10.0. The Morgan fingerprint density at radius 3 is 1.59 bits per heavy atom. The standard InChI is InChI=1S/C48H33N3/c1-3-14-38(15-4-1)45-33-46(41-27-24-34-12-7-8-16-40(34)32-41)50-48(49-45)39-25-22-35(23-26-39)36-28-30-43(31-29-36)51(42-18-5-2-6-19-42)47-21-11-17-37-13-9-10-20-44(37)47/h1-33H. The van der Waals surface area contributed by atoms with E-state index < -0.39 is 0 Å². The molecule has 9 rings (SSSR count). The summed E-state index contributed by atoms with van der Waals surface area (Å²) in [6, 6.07) is 70.4. The fraction of sp³-hybridized carbons (Fsp3) is 0. The third kappa shape index (κ3) is 6.03. The number of nitrogens with zero attached hydrogens (tertiary/aromatic N) is 3. The molecule has 3 nitrogen and oxygen atoms in total. The number of aromatic nitrogens is 2.